The zero-order valence-electron chi connectivity index (χ0n) is 8.60. The van der Waals surface area contributed by atoms with Crippen LogP contribution in [0.2, 0.25) is 0 Å². The topological polar surface area (TPSA) is 98.1 Å². The molecule has 1 heterocycles. The van der Waals surface area contributed by atoms with Crippen LogP contribution >= 0.6 is 0 Å². The first-order chi connectivity index (χ1) is 7.56. The van der Waals surface area contributed by atoms with Crippen LogP contribution in [0.15, 0.2) is 4.79 Å². The molecule has 0 aliphatic rings. The maximum absolute atomic E-state index is 11.3. The van der Waals surface area contributed by atoms with Crippen LogP contribution in [0.4, 0.5) is 5.69 Å². The van der Waals surface area contributed by atoms with E-state index in [1.54, 1.807) is 0 Å². The van der Waals surface area contributed by atoms with Gasteiger partial charge in [0.2, 0.25) is 0 Å². The number of aromatic amines is 1. The van der Waals surface area contributed by atoms with Crippen molar-refractivity contribution in [2.75, 3.05) is 6.61 Å². The third kappa shape index (κ3) is 3.06. The molecule has 0 atom stereocenters. The Morgan fingerprint density at radius 3 is 2.81 bits per heavy atom. The van der Waals surface area contributed by atoms with Gasteiger partial charge in [0.05, 0.1) is 0 Å². The number of nitro groups is 1. The Balaban J connectivity index is 2.92. The van der Waals surface area contributed by atoms with Gasteiger partial charge < -0.3 is 0 Å². The van der Waals surface area contributed by atoms with Crippen LogP contribution in [0.3, 0.4) is 0 Å². The van der Waals surface area contributed by atoms with Crippen molar-refractivity contribution in [3.05, 3.63) is 20.5 Å². The van der Waals surface area contributed by atoms with E-state index in [1.807, 2.05) is 23.8 Å². The second kappa shape index (κ2) is 5.65. The van der Waals surface area contributed by atoms with Gasteiger partial charge >= 0.3 is 99.5 Å². The number of hydrogen-bond acceptors (Lipinski definition) is 5. The number of nitrogens with one attached hydrogen (secondary N) is 1. The summed E-state index contributed by atoms with van der Waals surface area (Å²) in [4.78, 5) is 27.0. The molecule has 1 aromatic heterocycles. The summed E-state index contributed by atoms with van der Waals surface area (Å²) in [5.74, 6) is 0. The van der Waals surface area contributed by atoms with Gasteiger partial charge in [-0.25, -0.2) is 0 Å². The van der Waals surface area contributed by atoms with Crippen LogP contribution in [0.1, 0.15) is 19.8 Å². The fraction of sp³-hybridized carbons (Fsp3) is 0.500. The SMILES string of the molecule is CCCCOc1nc([As])c([N+](=O)[O-])c(=O)[nH]1. The average Bonchev–Trinajstić information content (AvgIpc) is 2.16. The summed E-state index contributed by atoms with van der Waals surface area (Å²) >= 11 is 1.89. The number of rotatable bonds is 5. The number of aromatic nitrogens is 2. The van der Waals surface area contributed by atoms with E-state index in [0.29, 0.717) is 6.61 Å². The van der Waals surface area contributed by atoms with Crippen molar-refractivity contribution in [1.29, 1.82) is 0 Å². The Morgan fingerprint density at radius 1 is 1.62 bits per heavy atom. The first-order valence-electron chi connectivity index (χ1n) is 4.66. The minimum atomic E-state index is -0.804. The number of H-pyrrole nitrogens is 1. The summed E-state index contributed by atoms with van der Waals surface area (Å²) in [5, 5.41) is 10.5. The van der Waals surface area contributed by atoms with Gasteiger partial charge in [-0.15, -0.1) is 0 Å². The molecule has 1 rings (SSSR count). The van der Waals surface area contributed by atoms with E-state index in [9.17, 15) is 14.9 Å². The third-order valence-electron chi connectivity index (χ3n) is 1.77. The van der Waals surface area contributed by atoms with Gasteiger partial charge in [-0.05, 0) is 0 Å². The van der Waals surface area contributed by atoms with E-state index in [2.05, 4.69) is 9.97 Å². The van der Waals surface area contributed by atoms with Gasteiger partial charge in [0.1, 0.15) is 0 Å². The first kappa shape index (κ1) is 12.7. The number of nitrogens with zero attached hydrogens (tertiary/aromatic N) is 2. The predicted molar refractivity (Wildman–Crippen MR) is 57.3 cm³/mol. The fourth-order valence-corrected chi connectivity index (χ4v) is 1.56. The molecule has 1 N–H and O–H groups in total. The molecular weight excluding hydrogens is 277 g/mol. The van der Waals surface area contributed by atoms with E-state index in [4.69, 9.17) is 4.74 Å². The van der Waals surface area contributed by atoms with Crippen LogP contribution in [-0.2, 0) is 0 Å². The van der Waals surface area contributed by atoms with Crippen LogP contribution in [0, 0.1) is 10.1 Å². The van der Waals surface area contributed by atoms with Gasteiger partial charge in [-0.3, -0.25) is 0 Å². The molecule has 0 amide bonds. The monoisotopic (exact) mass is 287 g/mol. The van der Waals surface area contributed by atoms with E-state index in [-0.39, 0.29) is 10.5 Å². The van der Waals surface area contributed by atoms with Crippen molar-refractivity contribution in [3.8, 4) is 6.01 Å². The summed E-state index contributed by atoms with van der Waals surface area (Å²) < 4.78 is 5.14. The molecule has 7 nitrogen and oxygen atoms in total. The zero-order valence-corrected chi connectivity index (χ0v) is 10.5. The van der Waals surface area contributed by atoms with Gasteiger partial charge in [-0.2, -0.15) is 0 Å². The first-order valence-corrected chi connectivity index (χ1v) is 5.60. The van der Waals surface area contributed by atoms with Crippen molar-refractivity contribution in [2.45, 2.75) is 19.8 Å². The Kier molecular flexibility index (Phi) is 4.49. The molecule has 86 valence electrons. The molecule has 0 bridgehead atoms. The Bertz CT molecular complexity index is 445. The molecule has 0 aromatic carbocycles. The summed E-state index contributed by atoms with van der Waals surface area (Å²) in [6.07, 6.45) is 1.78. The Hall–Kier alpha value is -1.36. The summed E-state index contributed by atoms with van der Waals surface area (Å²) in [6, 6.07) is 0.0136. The molecule has 0 aliphatic heterocycles. The molecule has 16 heavy (non-hydrogen) atoms. The van der Waals surface area contributed by atoms with Crippen LogP contribution in [0.25, 0.3) is 0 Å². The Labute approximate surface area is 99.9 Å². The van der Waals surface area contributed by atoms with Gasteiger partial charge in [0, 0.05) is 0 Å². The normalized spacial score (nSPS) is 10.1. The van der Waals surface area contributed by atoms with E-state index in [1.165, 1.54) is 0 Å². The van der Waals surface area contributed by atoms with Crippen molar-refractivity contribution in [2.24, 2.45) is 0 Å². The Morgan fingerprint density at radius 2 is 2.31 bits per heavy atom. The standard InChI is InChI=1S/C8H10AsN3O4/c1-2-3-4-16-8-10-6(9)5(12(14)15)7(13)11-8/h2-4H2,1H3,(H,10,11,13). The molecule has 0 fully saturated rings. The molecule has 8 heteroatoms. The molecule has 0 spiro atoms. The number of hydrogen-bond donors (Lipinski definition) is 1. The maximum atomic E-state index is 11.3. The van der Waals surface area contributed by atoms with Crippen molar-refractivity contribution in [1.82, 2.24) is 9.97 Å². The molecule has 2 radical (unpaired) electrons. The number of unbranched alkanes of at least 4 members (excludes halogenated alkanes) is 1. The van der Waals surface area contributed by atoms with Gasteiger partial charge in [0.25, 0.3) is 0 Å². The second-order valence-electron chi connectivity index (χ2n) is 3.00. The summed E-state index contributed by atoms with van der Waals surface area (Å²) in [5.41, 5.74) is -1.37. The quantitative estimate of drug-likeness (QED) is 0.345. The molecule has 1 aromatic rings. The minimum absolute atomic E-state index is 0.00671. The van der Waals surface area contributed by atoms with Crippen molar-refractivity contribution in [3.63, 3.8) is 0 Å². The third-order valence-corrected chi connectivity index (χ3v) is 2.43. The van der Waals surface area contributed by atoms with E-state index in [0.717, 1.165) is 12.8 Å². The predicted octanol–water partition coefficient (Wildman–Crippen LogP) is -0.349. The van der Waals surface area contributed by atoms with Gasteiger partial charge in [-0.1, -0.05) is 0 Å². The van der Waals surface area contributed by atoms with Crippen LogP contribution in [-0.4, -0.2) is 38.4 Å². The molecular formula is C8H10AsN3O4. The second-order valence-corrected chi connectivity index (χ2v) is 3.89. The van der Waals surface area contributed by atoms with Crippen LogP contribution < -0.4 is 14.8 Å². The fourth-order valence-electron chi connectivity index (χ4n) is 0.981. The van der Waals surface area contributed by atoms with Crippen molar-refractivity contribution >= 4 is 27.0 Å². The average molecular weight is 287 g/mol. The number of ether oxygens (including phenoxy) is 1. The molecule has 0 saturated heterocycles. The van der Waals surface area contributed by atoms with Crippen molar-refractivity contribution < 1.29 is 9.66 Å². The van der Waals surface area contributed by atoms with Gasteiger partial charge in [0.15, 0.2) is 0 Å². The summed E-state index contributed by atoms with van der Waals surface area (Å²) in [7, 11) is 0. The van der Waals surface area contributed by atoms with E-state index >= 15 is 0 Å². The summed E-state index contributed by atoms with van der Waals surface area (Å²) in [6.45, 7) is 2.42. The van der Waals surface area contributed by atoms with E-state index < -0.39 is 16.2 Å². The molecule has 0 saturated carbocycles. The van der Waals surface area contributed by atoms with Crippen LogP contribution in [0.5, 0.6) is 6.01 Å². The molecule has 0 unspecified atom stereocenters. The zero-order chi connectivity index (χ0) is 12.1. The molecule has 0 aliphatic carbocycles.